The summed E-state index contributed by atoms with van der Waals surface area (Å²) in [6.07, 6.45) is 2.37. The van der Waals surface area contributed by atoms with Gasteiger partial charge in [-0.25, -0.2) is 4.98 Å². The number of pyridine rings is 1. The molecule has 0 radical (unpaired) electrons. The number of hydrogen-bond acceptors (Lipinski definition) is 3. The molecule has 0 saturated carbocycles. The van der Waals surface area contributed by atoms with Crippen molar-refractivity contribution in [3.8, 4) is 0 Å². The monoisotopic (exact) mass is 295 g/mol. The van der Waals surface area contributed by atoms with Crippen LogP contribution in [0.2, 0.25) is 0 Å². The molecule has 4 rings (SSSR count). The molecule has 1 atom stereocenters. The summed E-state index contributed by atoms with van der Waals surface area (Å²) in [4.78, 5) is 16.7. The number of aryl methyl sites for hydroxylation is 2. The fraction of sp³-hybridized carbons (Fsp3) is 0.294. The molecule has 0 fully saturated rings. The number of imidazole rings is 1. The Morgan fingerprint density at radius 2 is 2.23 bits per heavy atom. The fourth-order valence-corrected chi connectivity index (χ4v) is 3.11. The Hall–Kier alpha value is -2.56. The topological polar surface area (TPSA) is 59.5 Å². The highest BCUT2D eigenvalue weighted by Gasteiger charge is 2.31. The first-order valence-electron chi connectivity index (χ1n) is 7.43. The number of nitrogens with one attached hydrogen (secondary N) is 1. The lowest BCUT2D eigenvalue weighted by molar-refractivity contribution is -0.121. The molecule has 1 aliphatic rings. The zero-order chi connectivity index (χ0) is 15.3. The minimum Gasteiger partial charge on any atom is -0.465 e. The Morgan fingerprint density at radius 1 is 1.36 bits per heavy atom. The van der Waals surface area contributed by atoms with Crippen LogP contribution in [-0.4, -0.2) is 15.3 Å². The highest BCUT2D eigenvalue weighted by molar-refractivity contribution is 5.78. The third-order valence-electron chi connectivity index (χ3n) is 4.34. The number of carbonyl (C=O) groups is 1. The summed E-state index contributed by atoms with van der Waals surface area (Å²) in [5, 5.41) is 2.93. The molecule has 0 bridgehead atoms. The number of nitrogens with zero attached hydrogens (tertiary/aromatic N) is 2. The number of aromatic nitrogens is 2. The van der Waals surface area contributed by atoms with E-state index < -0.39 is 0 Å². The van der Waals surface area contributed by atoms with E-state index in [1.54, 1.807) is 0 Å². The number of fused-ring (bicyclic) bond motifs is 3. The Morgan fingerprint density at radius 3 is 3.00 bits per heavy atom. The Bertz CT molecular complexity index is 856. The first-order valence-corrected chi connectivity index (χ1v) is 7.43. The van der Waals surface area contributed by atoms with E-state index in [4.69, 9.17) is 4.42 Å². The van der Waals surface area contributed by atoms with Crippen molar-refractivity contribution in [3.05, 3.63) is 58.9 Å². The number of hydrogen-bond donors (Lipinski definition) is 1. The lowest BCUT2D eigenvalue weighted by Crippen LogP contribution is -2.21. The highest BCUT2D eigenvalue weighted by atomic mass is 16.3. The summed E-state index contributed by atoms with van der Waals surface area (Å²) in [7, 11) is 0. The van der Waals surface area contributed by atoms with Gasteiger partial charge in [0, 0.05) is 12.6 Å². The first kappa shape index (κ1) is 13.1. The van der Waals surface area contributed by atoms with Crippen LogP contribution in [0.3, 0.4) is 0 Å². The second-order valence-electron chi connectivity index (χ2n) is 5.79. The average molecular weight is 295 g/mol. The normalized spacial score (nSPS) is 18.1. The highest BCUT2D eigenvalue weighted by Crippen LogP contribution is 2.34. The van der Waals surface area contributed by atoms with E-state index in [1.807, 2.05) is 44.3 Å². The fourth-order valence-electron chi connectivity index (χ4n) is 3.11. The molecule has 1 amide bonds. The molecule has 22 heavy (non-hydrogen) atoms. The lowest BCUT2D eigenvalue weighted by Gasteiger charge is -2.12. The average Bonchev–Trinajstić information content (AvgIpc) is 2.98. The third-order valence-corrected chi connectivity index (χ3v) is 4.34. The van der Waals surface area contributed by atoms with Crippen LogP contribution in [0.1, 0.15) is 40.8 Å². The van der Waals surface area contributed by atoms with Gasteiger partial charge in [0.2, 0.25) is 5.91 Å². The van der Waals surface area contributed by atoms with Gasteiger partial charge in [0.1, 0.15) is 17.2 Å². The van der Waals surface area contributed by atoms with E-state index >= 15 is 0 Å². The molecule has 4 heterocycles. The van der Waals surface area contributed by atoms with Crippen LogP contribution in [0.15, 0.2) is 34.9 Å². The van der Waals surface area contributed by atoms with Crippen LogP contribution in [0.5, 0.6) is 0 Å². The summed E-state index contributed by atoms with van der Waals surface area (Å²) < 4.78 is 7.97. The van der Waals surface area contributed by atoms with Crippen molar-refractivity contribution in [2.24, 2.45) is 0 Å². The van der Waals surface area contributed by atoms with Crippen molar-refractivity contribution in [1.82, 2.24) is 14.7 Å². The smallest absolute Gasteiger partial charge is 0.221 e. The molecule has 3 aromatic rings. The Labute approximate surface area is 128 Å². The maximum Gasteiger partial charge on any atom is 0.221 e. The Kier molecular flexibility index (Phi) is 2.82. The van der Waals surface area contributed by atoms with E-state index in [2.05, 4.69) is 14.7 Å². The maximum atomic E-state index is 12.1. The van der Waals surface area contributed by atoms with Gasteiger partial charge >= 0.3 is 0 Å². The number of carbonyl (C=O) groups excluding carboxylic acids is 1. The summed E-state index contributed by atoms with van der Waals surface area (Å²) in [5.41, 5.74) is 3.96. The molecular weight excluding hydrogens is 278 g/mol. The molecule has 1 N–H and O–H groups in total. The van der Waals surface area contributed by atoms with Crippen molar-refractivity contribution in [2.75, 3.05) is 0 Å². The minimum atomic E-state index is -0.109. The Balaban J connectivity index is 1.95. The van der Waals surface area contributed by atoms with E-state index in [9.17, 15) is 4.79 Å². The van der Waals surface area contributed by atoms with Crippen LogP contribution in [0.4, 0.5) is 0 Å². The van der Waals surface area contributed by atoms with Gasteiger partial charge in [0.15, 0.2) is 0 Å². The quantitative estimate of drug-likeness (QED) is 0.751. The van der Waals surface area contributed by atoms with E-state index in [0.717, 1.165) is 34.1 Å². The summed E-state index contributed by atoms with van der Waals surface area (Å²) in [6.45, 7) is 4.44. The predicted molar refractivity (Wildman–Crippen MR) is 81.7 cm³/mol. The van der Waals surface area contributed by atoms with Crippen LogP contribution < -0.4 is 5.32 Å². The maximum absolute atomic E-state index is 12.1. The molecule has 3 aromatic heterocycles. The van der Waals surface area contributed by atoms with Crippen LogP contribution in [0, 0.1) is 13.8 Å². The third kappa shape index (κ3) is 1.93. The van der Waals surface area contributed by atoms with Gasteiger partial charge < -0.3 is 14.1 Å². The number of amides is 1. The molecular formula is C17H17N3O2. The second-order valence-corrected chi connectivity index (χ2v) is 5.79. The van der Waals surface area contributed by atoms with Crippen molar-refractivity contribution < 1.29 is 9.21 Å². The zero-order valence-electron chi connectivity index (χ0n) is 12.6. The summed E-state index contributed by atoms with van der Waals surface area (Å²) in [6, 6.07) is 7.96. The van der Waals surface area contributed by atoms with E-state index in [-0.39, 0.29) is 11.8 Å². The molecule has 0 saturated heterocycles. The van der Waals surface area contributed by atoms with Gasteiger partial charge in [0.25, 0.3) is 0 Å². The lowest BCUT2D eigenvalue weighted by atomic mass is 9.97. The van der Waals surface area contributed by atoms with E-state index in [1.165, 1.54) is 0 Å². The summed E-state index contributed by atoms with van der Waals surface area (Å²) >= 11 is 0. The minimum absolute atomic E-state index is 0.0272. The van der Waals surface area contributed by atoms with Crippen molar-refractivity contribution in [3.63, 3.8) is 0 Å². The van der Waals surface area contributed by atoms with Crippen molar-refractivity contribution >= 4 is 11.6 Å². The van der Waals surface area contributed by atoms with Crippen molar-refractivity contribution in [1.29, 1.82) is 0 Å². The van der Waals surface area contributed by atoms with Gasteiger partial charge in [-0.15, -0.1) is 0 Å². The second kappa shape index (κ2) is 4.73. The molecule has 1 aliphatic heterocycles. The zero-order valence-corrected chi connectivity index (χ0v) is 12.6. The molecule has 0 aromatic carbocycles. The molecule has 5 heteroatoms. The van der Waals surface area contributed by atoms with Gasteiger partial charge in [-0.3, -0.25) is 4.79 Å². The van der Waals surface area contributed by atoms with Crippen LogP contribution in [-0.2, 0) is 11.3 Å². The molecule has 0 unspecified atom stereocenters. The largest absolute Gasteiger partial charge is 0.465 e. The van der Waals surface area contributed by atoms with E-state index in [0.29, 0.717) is 13.0 Å². The van der Waals surface area contributed by atoms with Gasteiger partial charge in [-0.1, -0.05) is 6.07 Å². The van der Waals surface area contributed by atoms with Crippen LogP contribution in [0.25, 0.3) is 5.65 Å². The SMILES string of the molecule is Cc1cc([C@H]2CC(=O)NCc3nc4ccccn4c32)oc1C. The molecule has 112 valence electrons. The summed E-state index contributed by atoms with van der Waals surface area (Å²) in [5.74, 6) is 1.65. The first-order chi connectivity index (χ1) is 10.6. The van der Waals surface area contributed by atoms with Crippen molar-refractivity contribution in [2.45, 2.75) is 32.7 Å². The predicted octanol–water partition coefficient (Wildman–Crippen LogP) is 2.70. The number of furan rings is 1. The van der Waals surface area contributed by atoms with Gasteiger partial charge in [-0.2, -0.15) is 0 Å². The van der Waals surface area contributed by atoms with Crippen LogP contribution >= 0.6 is 0 Å². The van der Waals surface area contributed by atoms with Gasteiger partial charge in [0.05, 0.1) is 23.9 Å². The number of rotatable bonds is 1. The van der Waals surface area contributed by atoms with Gasteiger partial charge in [-0.05, 0) is 37.6 Å². The molecule has 0 aliphatic carbocycles. The molecule has 0 spiro atoms. The standard InChI is InChI=1S/C17H17N3O2/c1-10-7-14(22-11(10)2)12-8-16(21)18-9-13-17(12)20-6-4-3-5-15(20)19-13/h3-7,12H,8-9H2,1-2H3,(H,18,21)/t12-/m1/s1. The molecule has 5 nitrogen and oxygen atoms in total.